The Balaban J connectivity index is 1.96. The molecule has 2 fully saturated rings. The quantitative estimate of drug-likeness (QED) is 0.861. The minimum atomic E-state index is -2.78. The van der Waals surface area contributed by atoms with Crippen LogP contribution in [0.5, 0.6) is 0 Å². The van der Waals surface area contributed by atoms with E-state index in [0.29, 0.717) is 24.3 Å². The van der Waals surface area contributed by atoms with Crippen LogP contribution in [0, 0.1) is 0 Å². The average molecular weight is 290 g/mol. The van der Waals surface area contributed by atoms with Crippen molar-refractivity contribution in [2.75, 3.05) is 17.3 Å². The summed E-state index contributed by atoms with van der Waals surface area (Å²) in [6, 6.07) is 0.188. The van der Waals surface area contributed by atoms with Crippen LogP contribution in [0.2, 0.25) is 0 Å². The van der Waals surface area contributed by atoms with Crippen LogP contribution >= 0.6 is 11.8 Å². The summed E-state index contributed by atoms with van der Waals surface area (Å²) in [4.78, 5) is 4.70. The minimum Gasteiger partial charge on any atom is -0.359 e. The highest BCUT2D eigenvalue weighted by Crippen LogP contribution is 2.30. The van der Waals surface area contributed by atoms with E-state index in [-0.39, 0.29) is 11.6 Å². The molecule has 6 heteroatoms. The lowest BCUT2D eigenvalue weighted by molar-refractivity contribution is 0.406. The molecule has 0 amide bonds. The Morgan fingerprint density at radius 3 is 2.44 bits per heavy atom. The number of rotatable bonds is 3. The number of nitrogens with one attached hydrogen (secondary N) is 1. The molecule has 18 heavy (non-hydrogen) atoms. The van der Waals surface area contributed by atoms with Gasteiger partial charge in [0, 0.05) is 11.3 Å². The maximum absolute atomic E-state index is 11.4. The maximum Gasteiger partial charge on any atom is 0.157 e. The van der Waals surface area contributed by atoms with Crippen molar-refractivity contribution in [3.63, 3.8) is 0 Å². The monoisotopic (exact) mass is 290 g/mol. The van der Waals surface area contributed by atoms with Gasteiger partial charge in [0.1, 0.15) is 9.84 Å². The van der Waals surface area contributed by atoms with Gasteiger partial charge in [-0.1, -0.05) is 25.6 Å². The predicted molar refractivity (Wildman–Crippen MR) is 78.0 cm³/mol. The molecule has 0 unspecified atom stereocenters. The van der Waals surface area contributed by atoms with Crippen molar-refractivity contribution in [2.45, 2.75) is 51.1 Å². The molecule has 0 atom stereocenters. The molecule has 0 radical (unpaired) electrons. The highest BCUT2D eigenvalue weighted by Gasteiger charge is 2.34. The first-order valence-electron chi connectivity index (χ1n) is 6.68. The van der Waals surface area contributed by atoms with E-state index in [1.807, 2.05) is 0 Å². The van der Waals surface area contributed by atoms with E-state index >= 15 is 0 Å². The number of hydrogen-bond acceptors (Lipinski definition) is 4. The lowest BCUT2D eigenvalue weighted by Crippen LogP contribution is -2.42. The van der Waals surface area contributed by atoms with Crippen LogP contribution < -0.4 is 5.32 Å². The van der Waals surface area contributed by atoms with Crippen molar-refractivity contribution in [3.8, 4) is 0 Å². The summed E-state index contributed by atoms with van der Waals surface area (Å²) >= 11 is 1.78. The van der Waals surface area contributed by atoms with Crippen molar-refractivity contribution in [1.29, 1.82) is 0 Å². The van der Waals surface area contributed by atoms with Crippen molar-refractivity contribution in [2.24, 2.45) is 4.99 Å². The van der Waals surface area contributed by atoms with Gasteiger partial charge in [-0.25, -0.2) is 8.42 Å². The molecule has 2 aliphatic heterocycles. The second kappa shape index (κ2) is 5.41. The second-order valence-corrected chi connectivity index (χ2v) is 8.49. The van der Waals surface area contributed by atoms with Gasteiger partial charge in [-0.3, -0.25) is 4.99 Å². The Morgan fingerprint density at radius 2 is 1.94 bits per heavy atom. The Bertz CT molecular complexity index is 413. The molecule has 2 saturated heterocycles. The van der Waals surface area contributed by atoms with Gasteiger partial charge >= 0.3 is 0 Å². The molecule has 0 aliphatic carbocycles. The van der Waals surface area contributed by atoms with Crippen LogP contribution in [0.25, 0.3) is 0 Å². The zero-order valence-electron chi connectivity index (χ0n) is 11.1. The van der Waals surface area contributed by atoms with Crippen LogP contribution in [0.4, 0.5) is 0 Å². The smallest absolute Gasteiger partial charge is 0.157 e. The normalized spacial score (nSPS) is 29.3. The molecule has 0 aromatic rings. The topological polar surface area (TPSA) is 58.5 Å². The van der Waals surface area contributed by atoms with E-state index in [0.717, 1.165) is 23.8 Å². The predicted octanol–water partition coefficient (Wildman–Crippen LogP) is 1.81. The summed E-state index contributed by atoms with van der Waals surface area (Å²) in [5, 5.41) is 4.55. The Morgan fingerprint density at radius 1 is 1.33 bits per heavy atom. The molecule has 1 N–H and O–H groups in total. The SMILES string of the molecule is CCC1(CC)CSC(=NC2CCS(=O)(=O)CC2)N1. The lowest BCUT2D eigenvalue weighted by atomic mass is 9.96. The summed E-state index contributed by atoms with van der Waals surface area (Å²) in [5.74, 6) is 1.67. The van der Waals surface area contributed by atoms with E-state index in [2.05, 4.69) is 19.2 Å². The highest BCUT2D eigenvalue weighted by molar-refractivity contribution is 8.14. The molecule has 4 nitrogen and oxygen atoms in total. The standard InChI is InChI=1S/C12H22N2O2S2/c1-3-12(4-2)9-17-11(14-12)13-10-5-7-18(15,16)8-6-10/h10H,3-9H2,1-2H3,(H,13,14). The van der Waals surface area contributed by atoms with Gasteiger partial charge in [0.15, 0.2) is 5.17 Å². The first-order chi connectivity index (χ1) is 8.49. The third-order valence-electron chi connectivity index (χ3n) is 4.03. The minimum absolute atomic E-state index is 0.188. The molecule has 2 heterocycles. The lowest BCUT2D eigenvalue weighted by Gasteiger charge is -2.26. The van der Waals surface area contributed by atoms with Crippen molar-refractivity contribution < 1.29 is 8.42 Å². The van der Waals surface area contributed by atoms with E-state index in [1.54, 1.807) is 11.8 Å². The third-order valence-corrected chi connectivity index (χ3v) is 6.93. The summed E-state index contributed by atoms with van der Waals surface area (Å²) in [6.45, 7) is 4.40. The summed E-state index contributed by atoms with van der Waals surface area (Å²) < 4.78 is 22.7. The van der Waals surface area contributed by atoms with Gasteiger partial charge in [-0.05, 0) is 25.7 Å². The van der Waals surface area contributed by atoms with Gasteiger partial charge in [0.05, 0.1) is 17.5 Å². The molecule has 2 rings (SSSR count). The van der Waals surface area contributed by atoms with Gasteiger partial charge in [0.25, 0.3) is 0 Å². The van der Waals surface area contributed by atoms with Gasteiger partial charge in [-0.15, -0.1) is 0 Å². The largest absolute Gasteiger partial charge is 0.359 e. The van der Waals surface area contributed by atoms with E-state index in [1.165, 1.54) is 0 Å². The Hall–Kier alpha value is -0.230. The number of amidine groups is 1. The Labute approximate surface area is 114 Å². The molecular weight excluding hydrogens is 268 g/mol. The van der Waals surface area contributed by atoms with Gasteiger partial charge in [-0.2, -0.15) is 0 Å². The summed E-state index contributed by atoms with van der Waals surface area (Å²) in [7, 11) is -2.78. The fourth-order valence-corrected chi connectivity index (χ4v) is 5.25. The zero-order chi connectivity index (χ0) is 13.2. The van der Waals surface area contributed by atoms with E-state index in [4.69, 9.17) is 4.99 Å². The maximum atomic E-state index is 11.4. The van der Waals surface area contributed by atoms with Crippen LogP contribution in [-0.2, 0) is 9.84 Å². The van der Waals surface area contributed by atoms with Crippen LogP contribution in [0.15, 0.2) is 4.99 Å². The van der Waals surface area contributed by atoms with Crippen molar-refractivity contribution in [1.82, 2.24) is 5.32 Å². The number of thioether (sulfide) groups is 1. The zero-order valence-corrected chi connectivity index (χ0v) is 12.7. The van der Waals surface area contributed by atoms with Crippen LogP contribution in [0.1, 0.15) is 39.5 Å². The molecular formula is C12H22N2O2S2. The van der Waals surface area contributed by atoms with Gasteiger partial charge < -0.3 is 5.32 Å². The number of aliphatic imine (C=N–C) groups is 1. The first kappa shape index (κ1) is 14.2. The fraction of sp³-hybridized carbons (Fsp3) is 0.917. The van der Waals surface area contributed by atoms with E-state index in [9.17, 15) is 8.42 Å². The second-order valence-electron chi connectivity index (χ2n) is 5.22. The molecule has 0 spiro atoms. The summed E-state index contributed by atoms with van der Waals surface area (Å²) in [5.41, 5.74) is 0.199. The summed E-state index contributed by atoms with van der Waals surface area (Å²) in [6.07, 6.45) is 3.57. The Kier molecular flexibility index (Phi) is 4.26. The first-order valence-corrected chi connectivity index (χ1v) is 9.48. The molecule has 0 saturated carbocycles. The molecule has 0 aromatic heterocycles. The van der Waals surface area contributed by atoms with Gasteiger partial charge in [0.2, 0.25) is 0 Å². The van der Waals surface area contributed by atoms with Crippen LogP contribution in [0.3, 0.4) is 0 Å². The molecule has 2 aliphatic rings. The van der Waals surface area contributed by atoms with Crippen LogP contribution in [-0.4, -0.2) is 42.4 Å². The molecule has 104 valence electrons. The number of nitrogens with zero attached hydrogens (tertiary/aromatic N) is 1. The molecule has 0 bridgehead atoms. The average Bonchev–Trinajstić information content (AvgIpc) is 2.76. The highest BCUT2D eigenvalue weighted by atomic mass is 32.2. The fourth-order valence-electron chi connectivity index (χ4n) is 2.38. The van der Waals surface area contributed by atoms with Crippen molar-refractivity contribution >= 4 is 26.8 Å². The van der Waals surface area contributed by atoms with Crippen molar-refractivity contribution in [3.05, 3.63) is 0 Å². The third kappa shape index (κ3) is 3.20. The number of sulfone groups is 1. The van der Waals surface area contributed by atoms with E-state index < -0.39 is 9.84 Å². The number of hydrogen-bond donors (Lipinski definition) is 1. The molecule has 0 aromatic carbocycles.